The highest BCUT2D eigenvalue weighted by atomic mass is 14.0. The van der Waals surface area contributed by atoms with Crippen LogP contribution < -0.4 is 0 Å². The molecule has 160 valence electrons. The Hall–Kier alpha value is -0.440. The van der Waals surface area contributed by atoms with Crippen molar-refractivity contribution in [3.63, 3.8) is 0 Å². The van der Waals surface area contributed by atoms with Gasteiger partial charge in [0, 0.05) is 12.8 Å². The zero-order valence-electron chi connectivity index (χ0n) is 19.4. The van der Waals surface area contributed by atoms with E-state index in [1.807, 2.05) is 0 Å². The third-order valence-electron chi connectivity index (χ3n) is 5.61. The quantitative estimate of drug-likeness (QED) is 0.146. The molecule has 0 saturated carbocycles. The molecule has 0 rings (SSSR count). The first-order chi connectivity index (χ1) is 13.3. The largest absolute Gasteiger partial charge is 0.103 e. The SMILES string of the molecule is CCCCCCCCC#CCCCCCCCCCCCCCCC(C)C. The maximum Gasteiger partial charge on any atom is 0.00886 e. The number of hydrogen-bond donors (Lipinski definition) is 0. The predicted molar refractivity (Wildman–Crippen MR) is 125 cm³/mol. The van der Waals surface area contributed by atoms with Gasteiger partial charge in [-0.15, -0.1) is 11.8 Å². The van der Waals surface area contributed by atoms with Crippen LogP contribution in [0, 0.1) is 17.8 Å². The van der Waals surface area contributed by atoms with Gasteiger partial charge in [0.1, 0.15) is 0 Å². The molecule has 0 heterocycles. The highest BCUT2D eigenvalue weighted by Crippen LogP contribution is 2.14. The highest BCUT2D eigenvalue weighted by Gasteiger charge is 1.96. The van der Waals surface area contributed by atoms with Crippen molar-refractivity contribution in [3.8, 4) is 11.8 Å². The second kappa shape index (κ2) is 23.6. The van der Waals surface area contributed by atoms with Crippen LogP contribution in [0.2, 0.25) is 0 Å². The van der Waals surface area contributed by atoms with Gasteiger partial charge in [0.15, 0.2) is 0 Å². The summed E-state index contributed by atoms with van der Waals surface area (Å²) in [5, 5.41) is 0. The molecule has 0 N–H and O–H groups in total. The van der Waals surface area contributed by atoms with Gasteiger partial charge in [0.2, 0.25) is 0 Å². The third-order valence-corrected chi connectivity index (χ3v) is 5.61. The summed E-state index contributed by atoms with van der Waals surface area (Å²) in [6.45, 7) is 6.96. The molecular formula is C27H52. The molecule has 0 amide bonds. The van der Waals surface area contributed by atoms with Crippen LogP contribution in [0.4, 0.5) is 0 Å². The summed E-state index contributed by atoms with van der Waals surface area (Å²) in [6, 6.07) is 0. The molecule has 0 saturated heterocycles. The Morgan fingerprint density at radius 3 is 1.15 bits per heavy atom. The molecule has 0 nitrogen and oxygen atoms in total. The monoisotopic (exact) mass is 376 g/mol. The van der Waals surface area contributed by atoms with Crippen molar-refractivity contribution < 1.29 is 0 Å². The van der Waals surface area contributed by atoms with Gasteiger partial charge in [-0.1, -0.05) is 130 Å². The fraction of sp³-hybridized carbons (Fsp3) is 0.926. The van der Waals surface area contributed by atoms with Crippen LogP contribution in [-0.2, 0) is 0 Å². The summed E-state index contributed by atoms with van der Waals surface area (Å²) in [6.07, 6.45) is 29.2. The number of unbranched alkanes of at least 4 members (excludes halogenated alkanes) is 18. The molecule has 0 aromatic rings. The summed E-state index contributed by atoms with van der Waals surface area (Å²) in [5.41, 5.74) is 0. The van der Waals surface area contributed by atoms with E-state index in [-0.39, 0.29) is 0 Å². The zero-order chi connectivity index (χ0) is 19.8. The summed E-state index contributed by atoms with van der Waals surface area (Å²) in [5.74, 6) is 7.65. The second-order valence-corrected chi connectivity index (χ2v) is 9.05. The van der Waals surface area contributed by atoms with E-state index in [2.05, 4.69) is 32.6 Å². The van der Waals surface area contributed by atoms with Crippen LogP contribution in [-0.4, -0.2) is 0 Å². The van der Waals surface area contributed by atoms with Crippen molar-refractivity contribution in [2.24, 2.45) is 5.92 Å². The molecule has 27 heavy (non-hydrogen) atoms. The van der Waals surface area contributed by atoms with Gasteiger partial charge in [0.25, 0.3) is 0 Å². The molecule has 0 aliphatic rings. The maximum absolute atomic E-state index is 3.38. The Kier molecular flexibility index (Phi) is 23.2. The van der Waals surface area contributed by atoms with Crippen molar-refractivity contribution in [3.05, 3.63) is 0 Å². The van der Waals surface area contributed by atoms with Crippen LogP contribution in [0.15, 0.2) is 0 Å². The van der Waals surface area contributed by atoms with Gasteiger partial charge in [-0.3, -0.25) is 0 Å². The third kappa shape index (κ3) is 25.6. The summed E-state index contributed by atoms with van der Waals surface area (Å²) in [4.78, 5) is 0. The van der Waals surface area contributed by atoms with Crippen LogP contribution >= 0.6 is 0 Å². The smallest absolute Gasteiger partial charge is 0.00886 e. The normalized spacial score (nSPS) is 11.0. The lowest BCUT2D eigenvalue weighted by atomic mass is 10.0. The van der Waals surface area contributed by atoms with Crippen LogP contribution in [0.3, 0.4) is 0 Å². The van der Waals surface area contributed by atoms with Crippen LogP contribution in [0.1, 0.15) is 156 Å². The summed E-state index contributed by atoms with van der Waals surface area (Å²) >= 11 is 0. The van der Waals surface area contributed by atoms with Gasteiger partial charge >= 0.3 is 0 Å². The fourth-order valence-electron chi connectivity index (χ4n) is 3.70. The summed E-state index contributed by atoms with van der Waals surface area (Å²) in [7, 11) is 0. The van der Waals surface area contributed by atoms with Crippen LogP contribution in [0.25, 0.3) is 0 Å². The first-order valence-electron chi connectivity index (χ1n) is 12.7. The lowest BCUT2D eigenvalue weighted by molar-refractivity contribution is 0.503. The molecule has 0 spiro atoms. The Bertz CT molecular complexity index is 317. The molecule has 0 fully saturated rings. The number of hydrogen-bond acceptors (Lipinski definition) is 0. The molecule has 0 unspecified atom stereocenters. The summed E-state index contributed by atoms with van der Waals surface area (Å²) < 4.78 is 0. The van der Waals surface area contributed by atoms with Gasteiger partial charge in [-0.2, -0.15) is 0 Å². The molecule has 0 atom stereocenters. The minimum Gasteiger partial charge on any atom is -0.103 e. The molecule has 0 aromatic carbocycles. The Morgan fingerprint density at radius 1 is 0.444 bits per heavy atom. The number of rotatable bonds is 20. The van der Waals surface area contributed by atoms with E-state index in [0.29, 0.717) is 0 Å². The average molecular weight is 377 g/mol. The molecular weight excluding hydrogens is 324 g/mol. The Morgan fingerprint density at radius 2 is 0.778 bits per heavy atom. The average Bonchev–Trinajstić information content (AvgIpc) is 2.65. The first-order valence-corrected chi connectivity index (χ1v) is 12.7. The standard InChI is InChI=1S/C27H52/c1-4-5-6-7-8-9-10-11-12-13-14-15-16-17-18-19-20-21-22-23-24-25-26-27(2)3/h27H,4-10,13-26H2,1-3H3. The zero-order valence-corrected chi connectivity index (χ0v) is 19.4. The van der Waals surface area contributed by atoms with Crippen molar-refractivity contribution in [2.45, 2.75) is 156 Å². The molecule has 0 aromatic heterocycles. The van der Waals surface area contributed by atoms with Crippen molar-refractivity contribution >= 4 is 0 Å². The van der Waals surface area contributed by atoms with Gasteiger partial charge in [-0.05, 0) is 18.8 Å². The van der Waals surface area contributed by atoms with Gasteiger partial charge in [0.05, 0.1) is 0 Å². The fourth-order valence-corrected chi connectivity index (χ4v) is 3.70. The molecule has 0 heteroatoms. The van der Waals surface area contributed by atoms with E-state index in [4.69, 9.17) is 0 Å². The first kappa shape index (κ1) is 26.6. The molecule has 0 radical (unpaired) electrons. The Balaban J connectivity index is 3.08. The lowest BCUT2D eigenvalue weighted by Gasteiger charge is -2.04. The van der Waals surface area contributed by atoms with Crippen molar-refractivity contribution in [1.82, 2.24) is 0 Å². The van der Waals surface area contributed by atoms with Crippen molar-refractivity contribution in [2.75, 3.05) is 0 Å². The van der Waals surface area contributed by atoms with Crippen molar-refractivity contribution in [1.29, 1.82) is 0 Å². The topological polar surface area (TPSA) is 0 Å². The van der Waals surface area contributed by atoms with Crippen LogP contribution in [0.5, 0.6) is 0 Å². The minimum absolute atomic E-state index is 0.891. The van der Waals surface area contributed by atoms with E-state index in [1.54, 1.807) is 0 Å². The van der Waals surface area contributed by atoms with E-state index < -0.39 is 0 Å². The lowest BCUT2D eigenvalue weighted by Crippen LogP contribution is -1.87. The predicted octanol–water partition coefficient (Wildman–Crippen LogP) is 9.86. The Labute approximate surface area is 173 Å². The molecule has 0 aliphatic heterocycles. The highest BCUT2D eigenvalue weighted by molar-refractivity contribution is 4.98. The van der Waals surface area contributed by atoms with E-state index in [1.165, 1.54) is 122 Å². The minimum atomic E-state index is 0.891. The van der Waals surface area contributed by atoms with E-state index in [9.17, 15) is 0 Å². The molecule has 0 aliphatic carbocycles. The van der Waals surface area contributed by atoms with Gasteiger partial charge < -0.3 is 0 Å². The maximum atomic E-state index is 3.38. The van der Waals surface area contributed by atoms with E-state index in [0.717, 1.165) is 18.8 Å². The van der Waals surface area contributed by atoms with E-state index >= 15 is 0 Å². The second-order valence-electron chi connectivity index (χ2n) is 9.05. The van der Waals surface area contributed by atoms with Gasteiger partial charge in [-0.25, -0.2) is 0 Å². The molecule has 0 bridgehead atoms.